The molecule has 28 heavy (non-hydrogen) atoms. The van der Waals surface area contributed by atoms with Gasteiger partial charge in [0.2, 0.25) is 11.8 Å². The highest BCUT2D eigenvalue weighted by Crippen LogP contribution is 2.28. The third kappa shape index (κ3) is 5.16. The lowest BCUT2D eigenvalue weighted by atomic mass is 10.2. The Balaban J connectivity index is 1.49. The van der Waals surface area contributed by atoms with Gasteiger partial charge in [-0.1, -0.05) is 11.6 Å². The minimum Gasteiger partial charge on any atom is -0.495 e. The number of nitrogens with one attached hydrogen (secondary N) is 1. The van der Waals surface area contributed by atoms with Gasteiger partial charge in [-0.3, -0.25) is 19.4 Å². The Labute approximate surface area is 171 Å². The summed E-state index contributed by atoms with van der Waals surface area (Å²) in [6, 6.07) is 4.87. The zero-order valence-electron chi connectivity index (χ0n) is 16.6. The summed E-state index contributed by atoms with van der Waals surface area (Å²) < 4.78 is 5.29. The number of nitrogens with zero attached hydrogens (tertiary/aromatic N) is 3. The largest absolute Gasteiger partial charge is 0.495 e. The Kier molecular flexibility index (Phi) is 7.15. The SMILES string of the molecule is COc1ccc(Cl)cc1NC(=O)[C@H](C)N1CCN(CC(=O)N2CCCC2)CC1. The molecule has 0 radical (unpaired) electrons. The van der Waals surface area contributed by atoms with Crippen molar-refractivity contribution >= 4 is 29.1 Å². The highest BCUT2D eigenvalue weighted by Gasteiger charge is 2.28. The second kappa shape index (κ2) is 9.58. The molecule has 2 saturated heterocycles. The number of ether oxygens (including phenoxy) is 1. The van der Waals surface area contributed by atoms with Gasteiger partial charge >= 0.3 is 0 Å². The van der Waals surface area contributed by atoms with E-state index in [1.807, 2.05) is 11.8 Å². The summed E-state index contributed by atoms with van der Waals surface area (Å²) in [6.45, 7) is 7.26. The summed E-state index contributed by atoms with van der Waals surface area (Å²) in [5, 5.41) is 3.46. The average molecular weight is 409 g/mol. The van der Waals surface area contributed by atoms with E-state index in [0.717, 1.165) is 52.1 Å². The molecule has 0 aromatic heterocycles. The normalized spacial score (nSPS) is 19.5. The maximum Gasteiger partial charge on any atom is 0.241 e. The lowest BCUT2D eigenvalue weighted by Crippen LogP contribution is -2.54. The second-order valence-electron chi connectivity index (χ2n) is 7.41. The molecule has 2 aliphatic heterocycles. The van der Waals surface area contributed by atoms with E-state index in [-0.39, 0.29) is 17.9 Å². The minimum absolute atomic E-state index is 0.0952. The Bertz CT molecular complexity index is 701. The molecular weight excluding hydrogens is 380 g/mol. The summed E-state index contributed by atoms with van der Waals surface area (Å²) in [5.41, 5.74) is 0.571. The predicted molar refractivity (Wildman–Crippen MR) is 110 cm³/mol. The number of halogens is 1. The fourth-order valence-electron chi connectivity index (χ4n) is 3.75. The highest BCUT2D eigenvalue weighted by atomic mass is 35.5. The van der Waals surface area contributed by atoms with Crippen molar-refractivity contribution in [3.63, 3.8) is 0 Å². The number of hydrogen-bond donors (Lipinski definition) is 1. The lowest BCUT2D eigenvalue weighted by molar-refractivity contribution is -0.132. The fourth-order valence-corrected chi connectivity index (χ4v) is 3.92. The van der Waals surface area contributed by atoms with Crippen LogP contribution in [0, 0.1) is 0 Å². The van der Waals surface area contributed by atoms with Crippen molar-refractivity contribution in [2.75, 3.05) is 58.2 Å². The molecule has 2 heterocycles. The Morgan fingerprint density at radius 1 is 1.14 bits per heavy atom. The van der Waals surface area contributed by atoms with E-state index in [0.29, 0.717) is 23.0 Å². The van der Waals surface area contributed by atoms with E-state index in [1.54, 1.807) is 25.3 Å². The van der Waals surface area contributed by atoms with Crippen molar-refractivity contribution in [2.24, 2.45) is 0 Å². The van der Waals surface area contributed by atoms with Gasteiger partial charge in [0, 0.05) is 44.3 Å². The lowest BCUT2D eigenvalue weighted by Gasteiger charge is -2.37. The topological polar surface area (TPSA) is 65.1 Å². The van der Waals surface area contributed by atoms with E-state index < -0.39 is 0 Å². The van der Waals surface area contributed by atoms with Crippen LogP contribution in [0.5, 0.6) is 5.75 Å². The van der Waals surface area contributed by atoms with Gasteiger partial charge in [-0.25, -0.2) is 0 Å². The number of hydrogen-bond acceptors (Lipinski definition) is 5. The molecular formula is C20H29ClN4O3. The summed E-state index contributed by atoms with van der Waals surface area (Å²) in [4.78, 5) is 31.3. The summed E-state index contributed by atoms with van der Waals surface area (Å²) in [5.74, 6) is 0.710. The van der Waals surface area contributed by atoms with Gasteiger partial charge in [0.1, 0.15) is 5.75 Å². The van der Waals surface area contributed by atoms with Gasteiger partial charge < -0.3 is 15.0 Å². The average Bonchev–Trinajstić information content (AvgIpc) is 3.23. The molecule has 1 aromatic carbocycles. The zero-order chi connectivity index (χ0) is 20.1. The van der Waals surface area contributed by atoms with E-state index in [9.17, 15) is 9.59 Å². The molecule has 2 fully saturated rings. The van der Waals surface area contributed by atoms with Crippen LogP contribution in [0.1, 0.15) is 19.8 Å². The molecule has 2 amide bonds. The number of rotatable bonds is 6. The van der Waals surface area contributed by atoms with Gasteiger partial charge in [-0.2, -0.15) is 0 Å². The molecule has 0 unspecified atom stereocenters. The molecule has 0 bridgehead atoms. The van der Waals surface area contributed by atoms with Crippen LogP contribution in [0.2, 0.25) is 5.02 Å². The smallest absolute Gasteiger partial charge is 0.241 e. The van der Waals surface area contributed by atoms with Crippen LogP contribution >= 0.6 is 11.6 Å². The standard InChI is InChI=1S/C20H29ClN4O3/c1-15(20(27)22-17-13-16(21)5-6-18(17)28-2)24-11-9-23(10-12-24)14-19(26)25-7-3-4-8-25/h5-6,13,15H,3-4,7-12,14H2,1-2H3,(H,22,27)/t15-/m0/s1. The number of carbonyl (C=O) groups excluding carboxylic acids is 2. The zero-order valence-corrected chi connectivity index (χ0v) is 17.4. The third-order valence-electron chi connectivity index (χ3n) is 5.57. The molecule has 1 aromatic rings. The van der Waals surface area contributed by atoms with Crippen molar-refractivity contribution in [3.8, 4) is 5.75 Å². The van der Waals surface area contributed by atoms with E-state index >= 15 is 0 Å². The van der Waals surface area contributed by atoms with Crippen LogP contribution in [-0.2, 0) is 9.59 Å². The maximum absolute atomic E-state index is 12.7. The Morgan fingerprint density at radius 3 is 2.46 bits per heavy atom. The van der Waals surface area contributed by atoms with Crippen molar-refractivity contribution in [2.45, 2.75) is 25.8 Å². The van der Waals surface area contributed by atoms with Crippen molar-refractivity contribution < 1.29 is 14.3 Å². The number of methoxy groups -OCH3 is 1. The molecule has 3 rings (SSSR count). The molecule has 0 spiro atoms. The van der Waals surface area contributed by atoms with Crippen LogP contribution in [0.25, 0.3) is 0 Å². The first-order valence-electron chi connectivity index (χ1n) is 9.86. The molecule has 2 aliphatic rings. The van der Waals surface area contributed by atoms with Crippen LogP contribution in [0.4, 0.5) is 5.69 Å². The Hall–Kier alpha value is -1.83. The molecule has 7 nitrogen and oxygen atoms in total. The van der Waals surface area contributed by atoms with Crippen LogP contribution in [-0.4, -0.2) is 85.5 Å². The number of amides is 2. The highest BCUT2D eigenvalue weighted by molar-refractivity contribution is 6.31. The molecule has 8 heteroatoms. The van der Waals surface area contributed by atoms with E-state index in [4.69, 9.17) is 16.3 Å². The van der Waals surface area contributed by atoms with E-state index in [1.165, 1.54) is 0 Å². The Morgan fingerprint density at radius 2 is 1.82 bits per heavy atom. The van der Waals surface area contributed by atoms with Crippen molar-refractivity contribution in [1.29, 1.82) is 0 Å². The molecule has 154 valence electrons. The number of carbonyl (C=O) groups is 2. The number of piperazine rings is 1. The van der Waals surface area contributed by atoms with E-state index in [2.05, 4.69) is 15.1 Å². The number of benzene rings is 1. The van der Waals surface area contributed by atoms with Crippen LogP contribution in [0.3, 0.4) is 0 Å². The number of anilines is 1. The van der Waals surface area contributed by atoms with Gasteiger partial charge in [0.05, 0.1) is 25.4 Å². The second-order valence-corrected chi connectivity index (χ2v) is 7.85. The first kappa shape index (κ1) is 20.9. The van der Waals surface area contributed by atoms with Crippen LogP contribution in [0.15, 0.2) is 18.2 Å². The summed E-state index contributed by atoms with van der Waals surface area (Å²) in [6.07, 6.45) is 2.23. The van der Waals surface area contributed by atoms with Gasteiger partial charge in [-0.05, 0) is 38.0 Å². The fraction of sp³-hybridized carbons (Fsp3) is 0.600. The first-order chi connectivity index (χ1) is 13.5. The van der Waals surface area contributed by atoms with Crippen molar-refractivity contribution in [1.82, 2.24) is 14.7 Å². The predicted octanol–water partition coefficient (Wildman–Crippen LogP) is 1.92. The van der Waals surface area contributed by atoms with Gasteiger partial charge in [0.15, 0.2) is 0 Å². The van der Waals surface area contributed by atoms with Crippen LogP contribution < -0.4 is 10.1 Å². The first-order valence-corrected chi connectivity index (χ1v) is 10.2. The molecule has 0 saturated carbocycles. The molecule has 0 aliphatic carbocycles. The molecule has 1 N–H and O–H groups in total. The number of likely N-dealkylation sites (tertiary alicyclic amines) is 1. The maximum atomic E-state index is 12.7. The summed E-state index contributed by atoms with van der Waals surface area (Å²) >= 11 is 6.04. The van der Waals surface area contributed by atoms with Gasteiger partial charge in [0.25, 0.3) is 0 Å². The quantitative estimate of drug-likeness (QED) is 0.779. The molecule has 1 atom stereocenters. The summed E-state index contributed by atoms with van der Waals surface area (Å²) in [7, 11) is 1.56. The monoisotopic (exact) mass is 408 g/mol. The van der Waals surface area contributed by atoms with Gasteiger partial charge in [-0.15, -0.1) is 0 Å². The minimum atomic E-state index is -0.278. The van der Waals surface area contributed by atoms with Crippen molar-refractivity contribution in [3.05, 3.63) is 23.2 Å². The third-order valence-corrected chi connectivity index (χ3v) is 5.81.